The first-order valence-corrected chi connectivity index (χ1v) is 16.1. The Morgan fingerprint density at radius 1 is 0.913 bits per heavy atom. The second-order valence-electron chi connectivity index (χ2n) is 12.3. The number of fused-ring (bicyclic) bond motifs is 5. The van der Waals surface area contributed by atoms with E-state index in [2.05, 4.69) is 65.9 Å². The number of rotatable bonds is 9. The van der Waals surface area contributed by atoms with Gasteiger partial charge in [-0.15, -0.1) is 0 Å². The quantitative estimate of drug-likeness (QED) is 0.172. The molecule has 3 atom stereocenters. The fraction of sp³-hybridized carbons (Fsp3) is 0.459. The molecule has 2 N–H and O–H groups in total. The van der Waals surface area contributed by atoms with Crippen LogP contribution in [0.4, 0.5) is 0 Å². The van der Waals surface area contributed by atoms with Gasteiger partial charge in [-0.2, -0.15) is 6.42 Å². The van der Waals surface area contributed by atoms with Crippen LogP contribution in [-0.2, 0) is 4.74 Å². The molecule has 5 heterocycles. The van der Waals surface area contributed by atoms with Crippen molar-refractivity contribution in [2.75, 3.05) is 6.61 Å². The van der Waals surface area contributed by atoms with Gasteiger partial charge in [-0.25, -0.2) is 15.0 Å². The number of aliphatic hydroxyl groups is 1. The number of nitrogens with zero attached hydrogens (tertiary/aromatic N) is 3. The number of aliphatic hydroxyl groups excluding tert-OH is 1. The Labute approximate surface area is 319 Å². The van der Waals surface area contributed by atoms with E-state index in [1.165, 1.54) is 19.3 Å². The monoisotopic (exact) mass is 640 g/mol. The topological polar surface area (TPSA) is 102 Å². The first kappa shape index (κ1) is 38.7. The Hall–Kier alpha value is -1.71. The van der Waals surface area contributed by atoms with Crippen molar-refractivity contribution in [3.8, 4) is 0 Å². The maximum absolute atomic E-state index is 12.4. The zero-order chi connectivity index (χ0) is 31.7. The van der Waals surface area contributed by atoms with E-state index in [1.807, 2.05) is 19.1 Å². The molecule has 0 saturated carbocycles. The van der Waals surface area contributed by atoms with Crippen molar-refractivity contribution < 1.29 is 74.1 Å². The normalized spacial score (nSPS) is 23.9. The Bertz CT molecular complexity index is 1590. The van der Waals surface area contributed by atoms with Crippen LogP contribution in [0.3, 0.4) is 0 Å². The summed E-state index contributed by atoms with van der Waals surface area (Å²) in [6, 6.07) is 0. The molecule has 1 unspecified atom stereocenters. The van der Waals surface area contributed by atoms with Gasteiger partial charge < -0.3 is 27.2 Å². The van der Waals surface area contributed by atoms with Crippen molar-refractivity contribution in [2.24, 2.45) is 26.8 Å². The Kier molecular flexibility index (Phi) is 14.0. The van der Waals surface area contributed by atoms with E-state index in [9.17, 15) is 10.2 Å². The Morgan fingerprint density at radius 3 is 2.24 bits per heavy atom. The predicted octanol–water partition coefficient (Wildman–Crippen LogP) is 1.42. The largest absolute Gasteiger partial charge is 1.00 e. The van der Waals surface area contributed by atoms with E-state index < -0.39 is 5.95 Å². The molecule has 46 heavy (non-hydrogen) atoms. The third kappa shape index (κ3) is 7.62. The van der Waals surface area contributed by atoms with Crippen molar-refractivity contribution in [2.45, 2.75) is 93.1 Å². The van der Waals surface area contributed by atoms with Crippen molar-refractivity contribution in [1.29, 1.82) is 0 Å². The van der Waals surface area contributed by atoms with Crippen LogP contribution in [0.15, 0.2) is 107 Å². The summed E-state index contributed by atoms with van der Waals surface area (Å²) in [4.78, 5) is 15.1. The standard InChI is InChI=1S/C37H47N4O3.2Na/c1-9-12-13-14-15-44-24(8)35-22(6)29-16-27-20(4)26(11-3)32(38-27)19-34-36(37(42)43)23(7)30(41-34)17-31-25(10-2)21(5)28(39-31)18-33(35)40-29;;/h16-20,24,26,38,42-43H,3,9-15H2,1-2,4-8H3;;/q-1;2*+1/p-1/t20-,24?,26-;;/m0../s1. The first-order valence-electron chi connectivity index (χ1n) is 16.1. The van der Waals surface area contributed by atoms with Crippen molar-refractivity contribution in [1.82, 2.24) is 5.32 Å². The van der Waals surface area contributed by atoms with E-state index in [1.54, 1.807) is 0 Å². The summed E-state index contributed by atoms with van der Waals surface area (Å²) in [6.45, 7) is 19.7. The van der Waals surface area contributed by atoms with E-state index in [-0.39, 0.29) is 82.6 Å². The maximum Gasteiger partial charge on any atom is 1.00 e. The van der Waals surface area contributed by atoms with E-state index >= 15 is 0 Å². The molecule has 5 aliphatic heterocycles. The molecule has 5 rings (SSSR count). The summed E-state index contributed by atoms with van der Waals surface area (Å²) >= 11 is 0. The van der Waals surface area contributed by atoms with Gasteiger partial charge in [0.2, 0.25) is 0 Å². The molecular weight excluding hydrogens is 594 g/mol. The van der Waals surface area contributed by atoms with E-state index in [4.69, 9.17) is 19.7 Å². The summed E-state index contributed by atoms with van der Waals surface area (Å²) in [5, 5.41) is 26.2. The molecular formula is C37H46N4Na2O3. The van der Waals surface area contributed by atoms with Crippen LogP contribution in [0.5, 0.6) is 0 Å². The van der Waals surface area contributed by atoms with E-state index in [0.29, 0.717) is 23.4 Å². The Balaban J connectivity index is 0.00000288. The average molecular weight is 641 g/mol. The van der Waals surface area contributed by atoms with Crippen LogP contribution >= 0.6 is 0 Å². The predicted molar refractivity (Wildman–Crippen MR) is 178 cm³/mol. The fourth-order valence-corrected chi connectivity index (χ4v) is 6.81. The molecule has 1 fully saturated rings. The Morgan fingerprint density at radius 2 is 1.59 bits per heavy atom. The summed E-state index contributed by atoms with van der Waals surface area (Å²) in [6.07, 6.45) is 14.1. The molecule has 7 nitrogen and oxygen atoms in total. The van der Waals surface area contributed by atoms with Crippen LogP contribution in [0.2, 0.25) is 0 Å². The molecule has 0 aromatic rings. The minimum atomic E-state index is -0.984. The zero-order valence-corrected chi connectivity index (χ0v) is 33.3. The third-order valence-electron chi connectivity index (χ3n) is 9.51. The van der Waals surface area contributed by atoms with Crippen LogP contribution < -0.4 is 69.5 Å². The summed E-state index contributed by atoms with van der Waals surface area (Å²) < 4.78 is 6.40. The molecule has 0 aromatic heterocycles. The van der Waals surface area contributed by atoms with Gasteiger partial charge in [-0.05, 0) is 93.1 Å². The molecule has 8 bridgehead atoms. The second kappa shape index (κ2) is 16.6. The maximum atomic E-state index is 12.4. The van der Waals surface area contributed by atoms with E-state index in [0.717, 1.165) is 76.0 Å². The number of unbranched alkanes of at least 4 members (excludes halogenated alkanes) is 3. The number of nitrogens with one attached hydrogen (secondary N) is 1. The summed E-state index contributed by atoms with van der Waals surface area (Å²) in [5.74, 6) is -0.735. The molecule has 5 aliphatic rings. The molecule has 234 valence electrons. The number of aliphatic imine (C=N–C) groups is 3. The van der Waals surface area contributed by atoms with Gasteiger partial charge in [-0.1, -0.05) is 40.0 Å². The average Bonchev–Trinajstić information content (AvgIpc) is 3.65. The van der Waals surface area contributed by atoms with Gasteiger partial charge in [0.1, 0.15) is 0 Å². The van der Waals surface area contributed by atoms with Gasteiger partial charge in [-0.3, -0.25) is 0 Å². The molecule has 1 saturated heterocycles. The smallest absolute Gasteiger partial charge is 0.629 e. The fourth-order valence-electron chi connectivity index (χ4n) is 6.81. The molecule has 9 heteroatoms. The first-order chi connectivity index (χ1) is 21.1. The molecule has 0 spiro atoms. The van der Waals surface area contributed by atoms with Gasteiger partial charge in [0.05, 0.1) is 46.3 Å². The van der Waals surface area contributed by atoms with Gasteiger partial charge in [0.15, 0.2) is 0 Å². The number of allylic oxidation sites excluding steroid dienone is 11. The molecule has 0 amide bonds. The summed E-state index contributed by atoms with van der Waals surface area (Å²) in [7, 11) is 0. The van der Waals surface area contributed by atoms with Gasteiger partial charge in [0.25, 0.3) is 0 Å². The zero-order valence-electron chi connectivity index (χ0n) is 29.3. The van der Waals surface area contributed by atoms with Gasteiger partial charge in [0, 0.05) is 35.1 Å². The van der Waals surface area contributed by atoms with Crippen LogP contribution in [0.1, 0.15) is 87.0 Å². The SMILES string of the molecule is [CH2-]C[C@@H]1C2=CC3=NC(=C(C)/C3=C(/[O-])O)C=C3N=C(C=C4N=C(C=C(N2)[C@H]1C)C(C)=C4C(C)OCCCCCC)C(C)=C3CC.[Na+].[Na+]. The van der Waals surface area contributed by atoms with Crippen molar-refractivity contribution >= 4 is 17.1 Å². The number of hydrogen-bond donors (Lipinski definition) is 2. The third-order valence-corrected chi connectivity index (χ3v) is 9.51. The van der Waals surface area contributed by atoms with Crippen molar-refractivity contribution in [3.63, 3.8) is 0 Å². The van der Waals surface area contributed by atoms with Crippen LogP contribution in [-0.4, -0.2) is 35.0 Å². The van der Waals surface area contributed by atoms with Crippen LogP contribution in [0.25, 0.3) is 0 Å². The number of ether oxygens (including phenoxy) is 1. The molecule has 0 aromatic carbocycles. The minimum absolute atomic E-state index is 0. The van der Waals surface area contributed by atoms with Crippen LogP contribution in [0, 0.1) is 18.8 Å². The summed E-state index contributed by atoms with van der Waals surface area (Å²) in [5.41, 5.74) is 11.8. The second-order valence-corrected chi connectivity index (χ2v) is 12.3. The van der Waals surface area contributed by atoms with Crippen molar-refractivity contribution in [3.05, 3.63) is 99.1 Å². The molecule has 0 radical (unpaired) electrons. The van der Waals surface area contributed by atoms with Gasteiger partial charge >= 0.3 is 59.1 Å². The minimum Gasteiger partial charge on any atom is -0.629 e. The molecule has 0 aliphatic carbocycles. The number of hydrogen-bond acceptors (Lipinski definition) is 7.